The molecule has 1 heterocycles. The molecule has 0 amide bonds. The van der Waals surface area contributed by atoms with Crippen molar-refractivity contribution >= 4 is 5.71 Å². The van der Waals surface area contributed by atoms with Gasteiger partial charge in [-0.25, -0.2) is 0 Å². The molecular weight excluding hydrogens is 238 g/mol. The zero-order valence-corrected chi connectivity index (χ0v) is 10.6. The fraction of sp³-hybridized carbons (Fsp3) is 0.133. The van der Waals surface area contributed by atoms with Crippen molar-refractivity contribution in [3.8, 4) is 6.07 Å². The Kier molecular flexibility index (Phi) is 4.25. The highest BCUT2D eigenvalue weighted by atomic mass is 16.6. The van der Waals surface area contributed by atoms with Crippen LogP contribution in [0.15, 0.2) is 53.8 Å². The predicted octanol–water partition coefficient (Wildman–Crippen LogP) is 2.89. The number of nitriles is 1. The van der Waals surface area contributed by atoms with Gasteiger partial charge in [0.15, 0.2) is 0 Å². The number of hydrogen-bond acceptors (Lipinski definition) is 4. The molecule has 0 bridgehead atoms. The van der Waals surface area contributed by atoms with Crippen LogP contribution < -0.4 is 0 Å². The lowest BCUT2D eigenvalue weighted by atomic mass is 10.1. The summed E-state index contributed by atoms with van der Waals surface area (Å²) in [6.45, 7) is 2.17. The minimum atomic E-state index is 0.396. The summed E-state index contributed by atoms with van der Waals surface area (Å²) >= 11 is 0. The summed E-state index contributed by atoms with van der Waals surface area (Å²) in [5.41, 5.74) is 2.68. The molecule has 2 rings (SSSR count). The fourth-order valence-electron chi connectivity index (χ4n) is 1.60. The van der Waals surface area contributed by atoms with E-state index in [2.05, 4.69) is 16.2 Å². The lowest BCUT2D eigenvalue weighted by Crippen LogP contribution is -2.03. The molecule has 0 radical (unpaired) electrons. The average molecular weight is 251 g/mol. The first-order valence-corrected chi connectivity index (χ1v) is 5.87. The largest absolute Gasteiger partial charge is 0.391 e. The van der Waals surface area contributed by atoms with Crippen molar-refractivity contribution in [1.29, 1.82) is 5.26 Å². The van der Waals surface area contributed by atoms with E-state index in [0.717, 1.165) is 5.56 Å². The summed E-state index contributed by atoms with van der Waals surface area (Å²) in [6.07, 6.45) is 1.63. The standard InChI is InChI=1S/C15H13N3O/c1-12(15-14(10-16)8-5-9-17-15)18-19-11-13-6-3-2-4-7-13/h2-9H,11H2,1H3. The van der Waals surface area contributed by atoms with Crippen molar-refractivity contribution in [3.63, 3.8) is 0 Å². The molecule has 4 heteroatoms. The van der Waals surface area contributed by atoms with Gasteiger partial charge in [-0.1, -0.05) is 35.5 Å². The summed E-state index contributed by atoms with van der Waals surface area (Å²) in [5, 5.41) is 13.0. The fourth-order valence-corrected chi connectivity index (χ4v) is 1.60. The van der Waals surface area contributed by atoms with Crippen LogP contribution in [-0.4, -0.2) is 10.7 Å². The molecule has 0 spiro atoms. The van der Waals surface area contributed by atoms with Gasteiger partial charge in [-0.2, -0.15) is 5.26 Å². The van der Waals surface area contributed by atoms with Crippen molar-refractivity contribution in [2.75, 3.05) is 0 Å². The second kappa shape index (κ2) is 6.31. The highest BCUT2D eigenvalue weighted by Gasteiger charge is 2.06. The third-order valence-corrected chi connectivity index (χ3v) is 2.55. The second-order valence-electron chi connectivity index (χ2n) is 3.95. The van der Waals surface area contributed by atoms with E-state index in [1.54, 1.807) is 25.3 Å². The van der Waals surface area contributed by atoms with E-state index in [-0.39, 0.29) is 0 Å². The quantitative estimate of drug-likeness (QED) is 0.620. The van der Waals surface area contributed by atoms with E-state index in [0.29, 0.717) is 23.6 Å². The smallest absolute Gasteiger partial charge is 0.142 e. The molecule has 0 aliphatic carbocycles. The van der Waals surface area contributed by atoms with Gasteiger partial charge in [0.25, 0.3) is 0 Å². The Morgan fingerprint density at radius 1 is 1.26 bits per heavy atom. The van der Waals surface area contributed by atoms with Gasteiger partial charge >= 0.3 is 0 Å². The van der Waals surface area contributed by atoms with Crippen LogP contribution in [0.4, 0.5) is 0 Å². The minimum Gasteiger partial charge on any atom is -0.391 e. The second-order valence-corrected chi connectivity index (χ2v) is 3.95. The number of nitrogens with zero attached hydrogens (tertiary/aromatic N) is 3. The first-order valence-electron chi connectivity index (χ1n) is 5.87. The Morgan fingerprint density at radius 3 is 2.79 bits per heavy atom. The van der Waals surface area contributed by atoms with Gasteiger partial charge in [0.05, 0.1) is 5.56 Å². The Hall–Kier alpha value is -2.67. The maximum atomic E-state index is 8.98. The summed E-state index contributed by atoms with van der Waals surface area (Å²) in [7, 11) is 0. The third-order valence-electron chi connectivity index (χ3n) is 2.55. The zero-order chi connectivity index (χ0) is 13.5. The van der Waals surface area contributed by atoms with E-state index in [1.165, 1.54) is 0 Å². The van der Waals surface area contributed by atoms with Crippen molar-refractivity contribution in [3.05, 3.63) is 65.5 Å². The van der Waals surface area contributed by atoms with E-state index in [9.17, 15) is 0 Å². The maximum absolute atomic E-state index is 8.98. The molecule has 0 fully saturated rings. The van der Waals surface area contributed by atoms with Crippen molar-refractivity contribution in [2.24, 2.45) is 5.16 Å². The molecule has 1 aromatic carbocycles. The number of aromatic nitrogens is 1. The first-order chi connectivity index (χ1) is 9.31. The van der Waals surface area contributed by atoms with Gasteiger partial charge in [0, 0.05) is 6.20 Å². The normalized spacial score (nSPS) is 10.8. The molecule has 0 saturated carbocycles. The maximum Gasteiger partial charge on any atom is 0.142 e. The molecule has 0 N–H and O–H groups in total. The Bertz CT molecular complexity index is 615. The van der Waals surface area contributed by atoms with Gasteiger partial charge in [0.1, 0.15) is 24.1 Å². The van der Waals surface area contributed by atoms with Crippen LogP contribution in [0.1, 0.15) is 23.7 Å². The van der Waals surface area contributed by atoms with Crippen LogP contribution in [0.25, 0.3) is 0 Å². The zero-order valence-electron chi connectivity index (χ0n) is 10.6. The topological polar surface area (TPSA) is 58.3 Å². The molecule has 0 unspecified atom stereocenters. The van der Waals surface area contributed by atoms with Gasteiger partial charge in [-0.05, 0) is 24.6 Å². The minimum absolute atomic E-state index is 0.396. The number of pyridine rings is 1. The van der Waals surface area contributed by atoms with E-state index >= 15 is 0 Å². The monoisotopic (exact) mass is 251 g/mol. The molecule has 1 aromatic heterocycles. The van der Waals surface area contributed by atoms with E-state index in [4.69, 9.17) is 10.1 Å². The molecule has 0 saturated heterocycles. The van der Waals surface area contributed by atoms with Crippen molar-refractivity contribution in [1.82, 2.24) is 4.98 Å². The third kappa shape index (κ3) is 3.39. The molecule has 94 valence electrons. The highest BCUT2D eigenvalue weighted by molar-refractivity contribution is 5.98. The van der Waals surface area contributed by atoms with Gasteiger partial charge in [-0.15, -0.1) is 0 Å². The van der Waals surface area contributed by atoms with Gasteiger partial charge in [0.2, 0.25) is 0 Å². The molecule has 0 aliphatic heterocycles. The number of oxime groups is 1. The molecule has 4 nitrogen and oxygen atoms in total. The lowest BCUT2D eigenvalue weighted by Gasteiger charge is -2.03. The molecular formula is C15H13N3O. The highest BCUT2D eigenvalue weighted by Crippen LogP contribution is 2.06. The SMILES string of the molecule is CC(=NOCc1ccccc1)c1ncccc1C#N. The summed E-state index contributed by atoms with van der Waals surface area (Å²) in [6, 6.07) is 15.3. The van der Waals surface area contributed by atoms with E-state index < -0.39 is 0 Å². The van der Waals surface area contributed by atoms with Crippen LogP contribution in [0.2, 0.25) is 0 Å². The van der Waals surface area contributed by atoms with Crippen LogP contribution in [0, 0.1) is 11.3 Å². The number of rotatable bonds is 4. The molecule has 19 heavy (non-hydrogen) atoms. The van der Waals surface area contributed by atoms with Crippen LogP contribution in [-0.2, 0) is 11.4 Å². The van der Waals surface area contributed by atoms with Crippen LogP contribution in [0.5, 0.6) is 0 Å². The summed E-state index contributed by atoms with van der Waals surface area (Å²) < 4.78 is 0. The first kappa shape index (κ1) is 12.8. The summed E-state index contributed by atoms with van der Waals surface area (Å²) in [5.74, 6) is 0. The predicted molar refractivity (Wildman–Crippen MR) is 72.4 cm³/mol. The van der Waals surface area contributed by atoms with Crippen LogP contribution in [0.3, 0.4) is 0 Å². The van der Waals surface area contributed by atoms with E-state index in [1.807, 2.05) is 30.3 Å². The number of hydrogen-bond donors (Lipinski definition) is 0. The Morgan fingerprint density at radius 2 is 2.05 bits per heavy atom. The molecule has 2 aromatic rings. The lowest BCUT2D eigenvalue weighted by molar-refractivity contribution is 0.130. The van der Waals surface area contributed by atoms with Crippen LogP contribution >= 0.6 is 0 Å². The van der Waals surface area contributed by atoms with Crippen molar-refractivity contribution < 1.29 is 4.84 Å². The van der Waals surface area contributed by atoms with Crippen molar-refractivity contribution in [2.45, 2.75) is 13.5 Å². The molecule has 0 aliphatic rings. The van der Waals surface area contributed by atoms with Gasteiger partial charge < -0.3 is 4.84 Å². The van der Waals surface area contributed by atoms with Gasteiger partial charge in [-0.3, -0.25) is 4.98 Å². The average Bonchev–Trinajstić information content (AvgIpc) is 2.48. The Balaban J connectivity index is 2.06. The molecule has 0 atom stereocenters. The summed E-state index contributed by atoms with van der Waals surface area (Å²) in [4.78, 5) is 9.42. The Labute approximate surface area is 112 Å². The number of benzene rings is 1.